The van der Waals surface area contributed by atoms with Gasteiger partial charge in [0.15, 0.2) is 19.7 Å². The van der Waals surface area contributed by atoms with Gasteiger partial charge >= 0.3 is 0 Å². The fourth-order valence-electron chi connectivity index (χ4n) is 4.13. The van der Waals surface area contributed by atoms with Crippen LogP contribution >= 0.6 is 0 Å². The van der Waals surface area contributed by atoms with Crippen LogP contribution in [0.3, 0.4) is 0 Å². The van der Waals surface area contributed by atoms with Gasteiger partial charge in [-0.1, -0.05) is 79.2 Å². The van der Waals surface area contributed by atoms with Crippen molar-refractivity contribution in [3.63, 3.8) is 0 Å². The molecule has 0 saturated heterocycles. The van der Waals surface area contributed by atoms with Crippen molar-refractivity contribution >= 4 is 19.7 Å². The van der Waals surface area contributed by atoms with Gasteiger partial charge in [-0.15, -0.1) is 0 Å². The zero-order chi connectivity index (χ0) is 26.5. The van der Waals surface area contributed by atoms with E-state index >= 15 is 0 Å². The maximum Gasteiger partial charge on any atom is 0.182 e. The van der Waals surface area contributed by atoms with Crippen LogP contribution in [0.5, 0.6) is 11.5 Å². The molecule has 2 N–H and O–H groups in total. The molecule has 0 heterocycles. The molecule has 0 radical (unpaired) electrons. The first-order valence-corrected chi connectivity index (χ1v) is 15.2. The van der Waals surface area contributed by atoms with Gasteiger partial charge in [-0.05, 0) is 59.4 Å². The minimum atomic E-state index is -3.77. The normalized spacial score (nSPS) is 11.9. The summed E-state index contributed by atoms with van der Waals surface area (Å²) in [6, 6.07) is 27.6. The summed E-state index contributed by atoms with van der Waals surface area (Å²) < 4.78 is 51.7. The topological polar surface area (TPSA) is 109 Å². The Hall–Kier alpha value is -3.62. The number of unbranched alkanes of at least 4 members (excludes halogenated alkanes) is 2. The highest BCUT2D eigenvalue weighted by Crippen LogP contribution is 2.32. The molecule has 0 bridgehead atoms. The molecule has 0 spiro atoms. The summed E-state index contributed by atoms with van der Waals surface area (Å²) in [6.07, 6.45) is 0.836. The number of aromatic hydroxyl groups is 2. The third-order valence-corrected chi connectivity index (χ3v) is 9.78. The predicted octanol–water partition coefficient (Wildman–Crippen LogP) is 5.85. The fraction of sp³-hybridized carbons (Fsp3) is 0.172. The Labute approximate surface area is 217 Å². The van der Waals surface area contributed by atoms with Gasteiger partial charge in [0, 0.05) is 0 Å². The van der Waals surface area contributed by atoms with Crippen LogP contribution in [0, 0.1) is 0 Å². The second kappa shape index (κ2) is 11.2. The number of hydrogen-bond donors (Lipinski definition) is 2. The molecule has 192 valence electrons. The number of phenolic OH excluding ortho intramolecular Hbond substituents is 2. The van der Waals surface area contributed by atoms with Crippen LogP contribution < -0.4 is 0 Å². The standard InChI is InChI=1S/C29H28O6S2/c30-26-16-14-24(22-10-4-1-5-11-22)20-28(26)36(32,33)18-8-3-9-19-37(34,35)29-21-25(15-17-27(29)31)23-12-6-2-7-13-23/h1-2,4-7,10-17,20-21,30-31H,3,8-9,18-19H2. The Kier molecular flexibility index (Phi) is 8.00. The Bertz CT molecular complexity index is 1460. The van der Waals surface area contributed by atoms with E-state index in [1.165, 1.54) is 24.3 Å². The number of phenols is 2. The summed E-state index contributed by atoms with van der Waals surface area (Å²) in [4.78, 5) is -0.270. The highest BCUT2D eigenvalue weighted by molar-refractivity contribution is 7.91. The summed E-state index contributed by atoms with van der Waals surface area (Å²) in [6.45, 7) is 0. The average Bonchev–Trinajstić information content (AvgIpc) is 2.89. The van der Waals surface area contributed by atoms with Gasteiger partial charge in [0.05, 0.1) is 11.5 Å². The molecule has 0 aliphatic heterocycles. The molecule has 4 aromatic carbocycles. The van der Waals surface area contributed by atoms with Gasteiger partial charge in [0.25, 0.3) is 0 Å². The molecule has 0 aliphatic carbocycles. The van der Waals surface area contributed by atoms with Crippen molar-refractivity contribution in [3.8, 4) is 33.8 Å². The molecule has 4 rings (SSSR count). The van der Waals surface area contributed by atoms with Crippen LogP contribution in [-0.2, 0) is 19.7 Å². The van der Waals surface area contributed by atoms with E-state index in [1.807, 2.05) is 60.7 Å². The van der Waals surface area contributed by atoms with Crippen molar-refractivity contribution in [2.75, 3.05) is 11.5 Å². The Morgan fingerprint density at radius 3 is 1.22 bits per heavy atom. The Balaban J connectivity index is 1.38. The lowest BCUT2D eigenvalue weighted by Gasteiger charge is -2.11. The van der Waals surface area contributed by atoms with Crippen LogP contribution in [0.4, 0.5) is 0 Å². The van der Waals surface area contributed by atoms with E-state index in [1.54, 1.807) is 12.1 Å². The third kappa shape index (κ3) is 6.39. The molecule has 0 aliphatic rings. The molecular weight excluding hydrogens is 508 g/mol. The van der Waals surface area contributed by atoms with Gasteiger partial charge in [-0.2, -0.15) is 0 Å². The van der Waals surface area contributed by atoms with Crippen molar-refractivity contribution in [3.05, 3.63) is 97.1 Å². The van der Waals surface area contributed by atoms with Crippen LogP contribution in [0.1, 0.15) is 19.3 Å². The molecular formula is C29H28O6S2. The zero-order valence-corrected chi connectivity index (χ0v) is 21.8. The number of rotatable bonds is 10. The highest BCUT2D eigenvalue weighted by atomic mass is 32.2. The Morgan fingerprint density at radius 2 is 0.838 bits per heavy atom. The lowest BCUT2D eigenvalue weighted by molar-refractivity contribution is 0.458. The van der Waals surface area contributed by atoms with E-state index in [-0.39, 0.29) is 45.6 Å². The van der Waals surface area contributed by atoms with E-state index in [4.69, 9.17) is 0 Å². The van der Waals surface area contributed by atoms with Gasteiger partial charge in [-0.3, -0.25) is 0 Å². The van der Waals surface area contributed by atoms with Crippen molar-refractivity contribution in [1.29, 1.82) is 0 Å². The van der Waals surface area contributed by atoms with Crippen molar-refractivity contribution in [2.24, 2.45) is 0 Å². The van der Waals surface area contributed by atoms with Gasteiger partial charge < -0.3 is 10.2 Å². The predicted molar refractivity (Wildman–Crippen MR) is 145 cm³/mol. The Morgan fingerprint density at radius 1 is 0.459 bits per heavy atom. The van der Waals surface area contributed by atoms with Gasteiger partial charge in [0.1, 0.15) is 21.3 Å². The summed E-state index contributed by atoms with van der Waals surface area (Å²) in [5, 5.41) is 20.4. The third-order valence-electron chi connectivity index (χ3n) is 6.13. The first-order chi connectivity index (χ1) is 17.7. The van der Waals surface area contributed by atoms with Crippen LogP contribution in [0.15, 0.2) is 107 Å². The maximum atomic E-state index is 12.9. The van der Waals surface area contributed by atoms with Crippen LogP contribution in [0.2, 0.25) is 0 Å². The van der Waals surface area contributed by atoms with E-state index < -0.39 is 19.7 Å². The van der Waals surface area contributed by atoms with Crippen LogP contribution in [-0.4, -0.2) is 38.6 Å². The molecule has 0 aromatic heterocycles. The molecule has 0 amide bonds. The second-order valence-electron chi connectivity index (χ2n) is 8.80. The summed E-state index contributed by atoms with van der Waals surface area (Å²) in [7, 11) is -7.54. The zero-order valence-electron chi connectivity index (χ0n) is 20.1. The largest absolute Gasteiger partial charge is 0.507 e. The van der Waals surface area contributed by atoms with Crippen molar-refractivity contribution < 1.29 is 27.0 Å². The average molecular weight is 537 g/mol. The summed E-state index contributed by atoms with van der Waals surface area (Å²) >= 11 is 0. The van der Waals surface area contributed by atoms with E-state index in [0.717, 1.165) is 11.1 Å². The molecule has 37 heavy (non-hydrogen) atoms. The number of sulfone groups is 2. The number of hydrogen-bond acceptors (Lipinski definition) is 6. The van der Waals surface area contributed by atoms with Gasteiger partial charge in [-0.25, -0.2) is 16.8 Å². The maximum absolute atomic E-state index is 12.9. The molecule has 8 heteroatoms. The quantitative estimate of drug-likeness (QED) is 0.246. The highest BCUT2D eigenvalue weighted by Gasteiger charge is 2.22. The molecule has 0 fully saturated rings. The van der Waals surface area contributed by atoms with Gasteiger partial charge in [0.2, 0.25) is 0 Å². The van der Waals surface area contributed by atoms with E-state index in [9.17, 15) is 27.0 Å². The smallest absolute Gasteiger partial charge is 0.182 e. The molecule has 0 saturated carbocycles. The summed E-state index contributed by atoms with van der Waals surface area (Å²) in [5.41, 5.74) is 3.04. The molecule has 6 nitrogen and oxygen atoms in total. The first kappa shape index (κ1) is 26.4. The van der Waals surface area contributed by atoms with Crippen molar-refractivity contribution in [1.82, 2.24) is 0 Å². The minimum absolute atomic E-state index is 0.135. The second-order valence-corrected chi connectivity index (χ2v) is 13.0. The summed E-state index contributed by atoms with van der Waals surface area (Å²) in [5.74, 6) is -1.05. The van der Waals surface area contributed by atoms with E-state index in [0.29, 0.717) is 17.5 Å². The van der Waals surface area contributed by atoms with Crippen molar-refractivity contribution in [2.45, 2.75) is 29.1 Å². The monoisotopic (exact) mass is 536 g/mol. The SMILES string of the molecule is O=S(=O)(CCCCCS(=O)(=O)c1cc(-c2ccccc2)ccc1O)c1cc(-c2ccccc2)ccc1O. The number of benzene rings is 4. The first-order valence-electron chi connectivity index (χ1n) is 11.9. The molecule has 0 unspecified atom stereocenters. The lowest BCUT2D eigenvalue weighted by Crippen LogP contribution is -2.10. The molecule has 4 aromatic rings. The van der Waals surface area contributed by atoms with Crippen LogP contribution in [0.25, 0.3) is 22.3 Å². The fourth-order valence-corrected chi connectivity index (χ4v) is 7.12. The molecule has 0 atom stereocenters. The lowest BCUT2D eigenvalue weighted by atomic mass is 10.1. The van der Waals surface area contributed by atoms with E-state index in [2.05, 4.69) is 0 Å². The minimum Gasteiger partial charge on any atom is -0.507 e.